The molecule has 1 amide bonds. The Kier molecular flexibility index (Phi) is 3.75. The second kappa shape index (κ2) is 5.41. The zero-order valence-corrected chi connectivity index (χ0v) is 14.8. The molecule has 2 heterocycles. The summed E-state index contributed by atoms with van der Waals surface area (Å²) in [7, 11) is 1.64. The van der Waals surface area contributed by atoms with E-state index in [1.807, 2.05) is 25.1 Å². The molecular weight excluding hydrogens is 308 g/mol. The van der Waals surface area contributed by atoms with E-state index in [1.54, 1.807) is 27.9 Å². The zero-order chi connectivity index (χ0) is 17.7. The molecular formula is C18H24N2O4. The fourth-order valence-corrected chi connectivity index (χ4v) is 3.22. The van der Waals surface area contributed by atoms with E-state index in [2.05, 4.69) is 4.98 Å². The highest BCUT2D eigenvalue weighted by molar-refractivity contribution is 5.86. The van der Waals surface area contributed by atoms with E-state index >= 15 is 0 Å². The van der Waals surface area contributed by atoms with Gasteiger partial charge in [-0.2, -0.15) is 0 Å². The van der Waals surface area contributed by atoms with Crippen LogP contribution in [0.2, 0.25) is 0 Å². The molecule has 6 heteroatoms. The summed E-state index contributed by atoms with van der Waals surface area (Å²) in [5.74, 6) is 0.788. The van der Waals surface area contributed by atoms with Crippen molar-refractivity contribution < 1.29 is 19.4 Å². The van der Waals surface area contributed by atoms with Gasteiger partial charge < -0.3 is 19.6 Å². The van der Waals surface area contributed by atoms with Crippen molar-refractivity contribution in [2.24, 2.45) is 0 Å². The second-order valence-corrected chi connectivity index (χ2v) is 6.94. The standard InChI is InChI=1S/C18H24N2O4/c1-11-13(14-10-12(23-5)6-7-15(14)19-11)8-9-20-16(21)24-17(2,3)18(20,4)22/h6-7,10,19,22H,8-9H2,1-5H3/t18-/m1/s1. The molecule has 1 fully saturated rings. The number of amides is 1. The molecule has 6 nitrogen and oxygen atoms in total. The van der Waals surface area contributed by atoms with Crippen molar-refractivity contribution in [3.63, 3.8) is 0 Å². The molecule has 1 aliphatic heterocycles. The Bertz CT molecular complexity index is 792. The Morgan fingerprint density at radius 2 is 2.04 bits per heavy atom. The molecule has 2 N–H and O–H groups in total. The average Bonchev–Trinajstić information content (AvgIpc) is 2.88. The quantitative estimate of drug-likeness (QED) is 0.902. The number of cyclic esters (lactones) is 1. The van der Waals surface area contributed by atoms with Crippen LogP contribution in [0.5, 0.6) is 5.75 Å². The number of H-pyrrole nitrogens is 1. The molecule has 0 aliphatic carbocycles. The summed E-state index contributed by atoms with van der Waals surface area (Å²) in [4.78, 5) is 16.9. The van der Waals surface area contributed by atoms with Crippen LogP contribution in [-0.4, -0.2) is 46.1 Å². The summed E-state index contributed by atoms with van der Waals surface area (Å²) >= 11 is 0. The molecule has 1 aliphatic rings. The number of aryl methyl sites for hydroxylation is 1. The van der Waals surface area contributed by atoms with Crippen LogP contribution in [0.4, 0.5) is 4.79 Å². The van der Waals surface area contributed by atoms with Crippen LogP contribution in [0.1, 0.15) is 32.0 Å². The van der Waals surface area contributed by atoms with Crippen molar-refractivity contribution in [2.45, 2.75) is 45.4 Å². The van der Waals surface area contributed by atoms with Gasteiger partial charge in [-0.25, -0.2) is 4.79 Å². The summed E-state index contributed by atoms with van der Waals surface area (Å²) in [6.07, 6.45) is 0.125. The fourth-order valence-electron chi connectivity index (χ4n) is 3.22. The second-order valence-electron chi connectivity index (χ2n) is 6.94. The molecule has 0 radical (unpaired) electrons. The molecule has 1 aromatic carbocycles. The molecule has 0 spiro atoms. The molecule has 3 rings (SSSR count). The van der Waals surface area contributed by atoms with Gasteiger partial charge in [0.05, 0.1) is 7.11 Å². The lowest BCUT2D eigenvalue weighted by Crippen LogP contribution is -2.54. The van der Waals surface area contributed by atoms with Crippen LogP contribution in [0.25, 0.3) is 10.9 Å². The van der Waals surface area contributed by atoms with Gasteiger partial charge in [0.2, 0.25) is 0 Å². The molecule has 1 saturated heterocycles. The Morgan fingerprint density at radius 1 is 1.33 bits per heavy atom. The largest absolute Gasteiger partial charge is 0.497 e. The number of hydrogen-bond donors (Lipinski definition) is 2. The number of aliphatic hydroxyl groups is 1. The van der Waals surface area contributed by atoms with Gasteiger partial charge in [0.1, 0.15) is 5.75 Å². The zero-order valence-electron chi connectivity index (χ0n) is 14.8. The predicted octanol–water partition coefficient (Wildman–Crippen LogP) is 2.97. The minimum Gasteiger partial charge on any atom is -0.497 e. The van der Waals surface area contributed by atoms with Crippen LogP contribution in [0, 0.1) is 6.92 Å². The predicted molar refractivity (Wildman–Crippen MR) is 91.2 cm³/mol. The van der Waals surface area contributed by atoms with Gasteiger partial charge in [-0.1, -0.05) is 0 Å². The van der Waals surface area contributed by atoms with Crippen LogP contribution in [0.15, 0.2) is 18.2 Å². The van der Waals surface area contributed by atoms with Crippen LogP contribution in [-0.2, 0) is 11.2 Å². The third-order valence-corrected chi connectivity index (χ3v) is 5.14. The van der Waals surface area contributed by atoms with E-state index in [0.29, 0.717) is 13.0 Å². The van der Waals surface area contributed by atoms with Gasteiger partial charge in [-0.15, -0.1) is 0 Å². The van der Waals surface area contributed by atoms with Gasteiger partial charge in [0.15, 0.2) is 11.3 Å². The first-order chi connectivity index (χ1) is 11.2. The van der Waals surface area contributed by atoms with Crippen molar-refractivity contribution >= 4 is 17.0 Å². The number of hydrogen-bond acceptors (Lipinski definition) is 4. The first kappa shape index (κ1) is 16.6. The van der Waals surface area contributed by atoms with Crippen LogP contribution >= 0.6 is 0 Å². The molecule has 0 unspecified atom stereocenters. The molecule has 2 aromatic rings. The number of ether oxygens (including phenoxy) is 2. The smallest absolute Gasteiger partial charge is 0.412 e. The Hall–Kier alpha value is -2.21. The summed E-state index contributed by atoms with van der Waals surface area (Å²) < 4.78 is 10.6. The maximum absolute atomic E-state index is 12.1. The van der Waals surface area contributed by atoms with E-state index in [4.69, 9.17) is 9.47 Å². The maximum atomic E-state index is 12.1. The Labute approximate surface area is 141 Å². The molecule has 24 heavy (non-hydrogen) atoms. The summed E-state index contributed by atoms with van der Waals surface area (Å²) in [5.41, 5.74) is 0.894. The lowest BCUT2D eigenvalue weighted by molar-refractivity contribution is -0.126. The Morgan fingerprint density at radius 3 is 2.62 bits per heavy atom. The van der Waals surface area contributed by atoms with Crippen molar-refractivity contribution in [3.8, 4) is 5.75 Å². The topological polar surface area (TPSA) is 74.8 Å². The van der Waals surface area contributed by atoms with E-state index < -0.39 is 17.4 Å². The number of aromatic nitrogens is 1. The third kappa shape index (κ3) is 2.41. The lowest BCUT2D eigenvalue weighted by Gasteiger charge is -2.34. The number of carbonyl (C=O) groups is 1. The van der Waals surface area contributed by atoms with Crippen LogP contribution in [0.3, 0.4) is 0 Å². The van der Waals surface area contributed by atoms with Gasteiger partial charge in [0, 0.05) is 23.1 Å². The highest BCUT2D eigenvalue weighted by Gasteiger charge is 2.56. The highest BCUT2D eigenvalue weighted by atomic mass is 16.6. The van der Waals surface area contributed by atoms with Crippen molar-refractivity contribution in [2.75, 3.05) is 13.7 Å². The van der Waals surface area contributed by atoms with E-state index in [-0.39, 0.29) is 0 Å². The van der Waals surface area contributed by atoms with Crippen molar-refractivity contribution in [1.82, 2.24) is 9.88 Å². The average molecular weight is 332 g/mol. The van der Waals surface area contributed by atoms with E-state index in [1.165, 1.54) is 4.90 Å². The minimum absolute atomic E-state index is 0.375. The first-order valence-corrected chi connectivity index (χ1v) is 8.05. The maximum Gasteiger partial charge on any atom is 0.412 e. The van der Waals surface area contributed by atoms with E-state index in [0.717, 1.165) is 27.9 Å². The number of fused-ring (bicyclic) bond motifs is 1. The number of carbonyl (C=O) groups excluding carboxylic acids is 1. The van der Waals surface area contributed by atoms with Crippen LogP contribution < -0.4 is 4.74 Å². The summed E-state index contributed by atoms with van der Waals surface area (Å²) in [6, 6.07) is 5.87. The molecule has 0 saturated carbocycles. The number of methoxy groups -OCH3 is 1. The summed E-state index contributed by atoms with van der Waals surface area (Å²) in [5, 5.41) is 11.8. The molecule has 1 aromatic heterocycles. The van der Waals surface area contributed by atoms with Gasteiger partial charge >= 0.3 is 6.09 Å². The van der Waals surface area contributed by atoms with E-state index in [9.17, 15) is 9.90 Å². The molecule has 0 bridgehead atoms. The number of rotatable bonds is 4. The molecule has 1 atom stereocenters. The fraction of sp³-hybridized carbons (Fsp3) is 0.500. The Balaban J connectivity index is 1.88. The van der Waals surface area contributed by atoms with Crippen molar-refractivity contribution in [3.05, 3.63) is 29.5 Å². The number of benzene rings is 1. The van der Waals surface area contributed by atoms with Gasteiger partial charge in [-0.3, -0.25) is 4.90 Å². The monoisotopic (exact) mass is 332 g/mol. The number of nitrogens with one attached hydrogen (secondary N) is 1. The molecule has 130 valence electrons. The lowest BCUT2D eigenvalue weighted by atomic mass is 9.95. The first-order valence-electron chi connectivity index (χ1n) is 8.05. The van der Waals surface area contributed by atoms with Crippen molar-refractivity contribution in [1.29, 1.82) is 0 Å². The third-order valence-electron chi connectivity index (χ3n) is 5.14. The van der Waals surface area contributed by atoms with Gasteiger partial charge in [0.25, 0.3) is 0 Å². The minimum atomic E-state index is -1.35. The SMILES string of the molecule is COc1ccc2[nH]c(C)c(CCN3C(=O)OC(C)(C)[C@@]3(C)O)c2c1. The van der Waals surface area contributed by atoms with Gasteiger partial charge in [-0.05, 0) is 57.9 Å². The normalized spacial score (nSPS) is 22.9. The summed E-state index contributed by atoms with van der Waals surface area (Å²) in [6.45, 7) is 7.43. The highest BCUT2D eigenvalue weighted by Crippen LogP contribution is 2.37. The number of nitrogens with zero attached hydrogens (tertiary/aromatic N) is 1. The number of aromatic amines is 1.